The highest BCUT2D eigenvalue weighted by molar-refractivity contribution is 7.09. The molecule has 1 N–H and O–H groups in total. The fourth-order valence-corrected chi connectivity index (χ4v) is 2.28. The van der Waals surface area contributed by atoms with Crippen molar-refractivity contribution in [1.29, 1.82) is 0 Å². The molecule has 0 aliphatic carbocycles. The minimum Gasteiger partial charge on any atom is -0.311 e. The van der Waals surface area contributed by atoms with Crippen molar-refractivity contribution in [2.45, 2.75) is 13.0 Å². The number of nitrogens with one attached hydrogen (secondary N) is 1. The first-order valence-electron chi connectivity index (χ1n) is 4.40. The van der Waals surface area contributed by atoms with Gasteiger partial charge in [0.05, 0.1) is 16.7 Å². The van der Waals surface area contributed by atoms with Crippen LogP contribution in [0.1, 0.15) is 10.6 Å². The van der Waals surface area contributed by atoms with Gasteiger partial charge in [0, 0.05) is 36.0 Å². The van der Waals surface area contributed by atoms with Gasteiger partial charge in [-0.25, -0.2) is 4.98 Å². The summed E-state index contributed by atoms with van der Waals surface area (Å²) in [4.78, 5) is 9.52. The molecule has 14 heavy (non-hydrogen) atoms. The molecule has 0 saturated carbocycles. The first-order chi connectivity index (χ1) is 6.95. The van der Waals surface area contributed by atoms with Gasteiger partial charge in [0.1, 0.15) is 0 Å². The molecule has 0 fully saturated rings. The molecule has 0 aliphatic heterocycles. The van der Waals surface area contributed by atoms with Crippen LogP contribution in [0.25, 0.3) is 0 Å². The summed E-state index contributed by atoms with van der Waals surface area (Å²) in [6.45, 7) is 1.89. The molecule has 2 rings (SSSR count). The van der Waals surface area contributed by atoms with Crippen molar-refractivity contribution in [2.75, 3.05) is 6.54 Å². The van der Waals surface area contributed by atoms with Crippen LogP contribution in [0.2, 0.25) is 0 Å². The lowest BCUT2D eigenvalue weighted by Gasteiger charge is -1.99. The summed E-state index contributed by atoms with van der Waals surface area (Å²) in [5, 5.41) is 5.45. The first kappa shape index (κ1) is 9.76. The molecule has 2 aromatic rings. The molecule has 5 heteroatoms. The van der Waals surface area contributed by atoms with Crippen LogP contribution in [-0.4, -0.2) is 16.5 Å². The van der Waals surface area contributed by atoms with Gasteiger partial charge in [0.2, 0.25) is 0 Å². The Balaban J connectivity index is 1.65. The second kappa shape index (κ2) is 5.19. The zero-order chi connectivity index (χ0) is 9.64. The second-order valence-electron chi connectivity index (χ2n) is 2.87. The Bertz CT molecular complexity index is 306. The van der Waals surface area contributed by atoms with E-state index in [1.165, 1.54) is 10.6 Å². The van der Waals surface area contributed by atoms with Gasteiger partial charge in [-0.1, -0.05) is 0 Å². The quantitative estimate of drug-likeness (QED) is 0.790. The normalized spacial score (nSPS) is 10.6. The van der Waals surface area contributed by atoms with Crippen LogP contribution in [0.4, 0.5) is 0 Å². The number of rotatable bonds is 5. The van der Waals surface area contributed by atoms with E-state index in [4.69, 9.17) is 0 Å². The van der Waals surface area contributed by atoms with Crippen molar-refractivity contribution in [1.82, 2.24) is 15.3 Å². The number of thiazole rings is 2. The smallest absolute Gasteiger partial charge is 0.0794 e. The molecule has 0 aromatic carbocycles. The summed E-state index contributed by atoms with van der Waals surface area (Å²) in [5.41, 5.74) is 4.91. The van der Waals surface area contributed by atoms with Crippen molar-refractivity contribution >= 4 is 22.7 Å². The van der Waals surface area contributed by atoms with Gasteiger partial charge < -0.3 is 5.32 Å². The van der Waals surface area contributed by atoms with Crippen molar-refractivity contribution in [3.63, 3.8) is 0 Å². The van der Waals surface area contributed by atoms with Crippen LogP contribution in [0.15, 0.2) is 22.6 Å². The minimum absolute atomic E-state index is 0.912. The van der Waals surface area contributed by atoms with Gasteiger partial charge >= 0.3 is 0 Å². The highest BCUT2D eigenvalue weighted by Gasteiger charge is 1.96. The van der Waals surface area contributed by atoms with Crippen molar-refractivity contribution in [3.05, 3.63) is 33.2 Å². The molecule has 0 amide bonds. The standard InChI is InChI=1S/C9H11N3S2/c1(8-5-13-7-12-8)2-10-3-9-4-11-6-14-9/h4-7,10H,1-3H2. The summed E-state index contributed by atoms with van der Waals surface area (Å²) in [6.07, 6.45) is 2.91. The zero-order valence-corrected chi connectivity index (χ0v) is 9.27. The third-order valence-corrected chi connectivity index (χ3v) is 3.24. The molecule has 0 aliphatic rings. The van der Waals surface area contributed by atoms with Crippen LogP contribution in [-0.2, 0) is 13.0 Å². The van der Waals surface area contributed by atoms with Gasteiger partial charge in [0.15, 0.2) is 0 Å². The third-order valence-electron chi connectivity index (χ3n) is 1.82. The first-order valence-corrected chi connectivity index (χ1v) is 6.22. The molecule has 2 aromatic heterocycles. The van der Waals surface area contributed by atoms with E-state index in [1.807, 2.05) is 17.2 Å². The lowest BCUT2D eigenvalue weighted by Crippen LogP contribution is -2.16. The summed E-state index contributed by atoms with van der Waals surface area (Å²) in [5.74, 6) is 0. The Hall–Kier alpha value is -0.780. The second-order valence-corrected chi connectivity index (χ2v) is 4.56. The maximum atomic E-state index is 4.22. The average molecular weight is 225 g/mol. The molecule has 0 atom stereocenters. The van der Waals surface area contributed by atoms with Gasteiger partial charge in [-0.2, -0.15) is 0 Å². The van der Waals surface area contributed by atoms with Crippen molar-refractivity contribution in [3.8, 4) is 0 Å². The van der Waals surface area contributed by atoms with Crippen LogP contribution in [0.5, 0.6) is 0 Å². The lowest BCUT2D eigenvalue weighted by atomic mass is 10.3. The van der Waals surface area contributed by atoms with Gasteiger partial charge in [-0.3, -0.25) is 4.98 Å². The molecule has 0 saturated heterocycles. The molecule has 74 valence electrons. The fraction of sp³-hybridized carbons (Fsp3) is 0.333. The van der Waals surface area contributed by atoms with Crippen LogP contribution in [0.3, 0.4) is 0 Å². The summed E-state index contributed by atoms with van der Waals surface area (Å²) < 4.78 is 0. The predicted octanol–water partition coefficient (Wildman–Crippen LogP) is 1.93. The van der Waals surface area contributed by atoms with E-state index in [0.717, 1.165) is 19.5 Å². The largest absolute Gasteiger partial charge is 0.311 e. The highest BCUT2D eigenvalue weighted by Crippen LogP contribution is 2.04. The van der Waals surface area contributed by atoms with Crippen LogP contribution < -0.4 is 5.32 Å². The molecule has 0 spiro atoms. The molecule has 0 unspecified atom stereocenters. The minimum atomic E-state index is 0.912. The van der Waals surface area contributed by atoms with E-state index in [0.29, 0.717) is 0 Å². The van der Waals surface area contributed by atoms with Crippen LogP contribution in [0, 0.1) is 0 Å². The average Bonchev–Trinajstić information content (AvgIpc) is 2.86. The van der Waals surface area contributed by atoms with E-state index in [9.17, 15) is 0 Å². The monoisotopic (exact) mass is 225 g/mol. The molecule has 0 radical (unpaired) electrons. The molecule has 3 nitrogen and oxygen atoms in total. The van der Waals surface area contributed by atoms with E-state index >= 15 is 0 Å². The summed E-state index contributed by atoms with van der Waals surface area (Å²) in [7, 11) is 0. The van der Waals surface area contributed by atoms with Gasteiger partial charge in [-0.05, 0) is 0 Å². The third kappa shape index (κ3) is 2.87. The zero-order valence-electron chi connectivity index (χ0n) is 7.64. The number of hydrogen-bond donors (Lipinski definition) is 1. The van der Waals surface area contributed by atoms with Crippen molar-refractivity contribution < 1.29 is 0 Å². The molecular formula is C9H11N3S2. The van der Waals surface area contributed by atoms with E-state index in [2.05, 4.69) is 20.7 Å². The Morgan fingerprint density at radius 3 is 3.07 bits per heavy atom. The Kier molecular flexibility index (Phi) is 3.62. The topological polar surface area (TPSA) is 37.8 Å². The lowest BCUT2D eigenvalue weighted by molar-refractivity contribution is 0.687. The number of aromatic nitrogens is 2. The van der Waals surface area contributed by atoms with Crippen LogP contribution >= 0.6 is 22.7 Å². The Morgan fingerprint density at radius 1 is 1.36 bits per heavy atom. The van der Waals surface area contributed by atoms with E-state index < -0.39 is 0 Å². The van der Waals surface area contributed by atoms with E-state index in [1.54, 1.807) is 22.7 Å². The molecule has 2 heterocycles. The molecular weight excluding hydrogens is 214 g/mol. The highest BCUT2D eigenvalue weighted by atomic mass is 32.1. The van der Waals surface area contributed by atoms with E-state index in [-0.39, 0.29) is 0 Å². The fourth-order valence-electron chi connectivity index (χ4n) is 1.12. The number of nitrogens with zero attached hydrogens (tertiary/aromatic N) is 2. The maximum absolute atomic E-state index is 4.22. The predicted molar refractivity (Wildman–Crippen MR) is 59.6 cm³/mol. The Labute approximate surface area is 90.9 Å². The van der Waals surface area contributed by atoms with Crippen molar-refractivity contribution in [2.24, 2.45) is 0 Å². The van der Waals surface area contributed by atoms with Gasteiger partial charge in [-0.15, -0.1) is 22.7 Å². The summed E-state index contributed by atoms with van der Waals surface area (Å²) >= 11 is 3.33. The molecule has 0 bridgehead atoms. The Morgan fingerprint density at radius 2 is 2.36 bits per heavy atom. The number of hydrogen-bond acceptors (Lipinski definition) is 5. The maximum Gasteiger partial charge on any atom is 0.0794 e. The SMILES string of the molecule is c1nc(CCNCc2cncs2)cs1. The van der Waals surface area contributed by atoms with Gasteiger partial charge in [0.25, 0.3) is 0 Å². The summed E-state index contributed by atoms with van der Waals surface area (Å²) in [6, 6.07) is 0.